The fourth-order valence-corrected chi connectivity index (χ4v) is 6.54. The molecule has 2 atom stereocenters. The number of benzene rings is 1. The van der Waals surface area contributed by atoms with Gasteiger partial charge in [0.2, 0.25) is 11.8 Å². The summed E-state index contributed by atoms with van der Waals surface area (Å²) in [5.74, 6) is -1.03. The van der Waals surface area contributed by atoms with Gasteiger partial charge in [0.05, 0.1) is 24.1 Å². The van der Waals surface area contributed by atoms with Crippen molar-refractivity contribution in [3.05, 3.63) is 48.0 Å². The van der Waals surface area contributed by atoms with E-state index in [9.17, 15) is 19.5 Å². The van der Waals surface area contributed by atoms with E-state index in [4.69, 9.17) is 9.72 Å². The molecule has 2 amide bonds. The largest absolute Gasteiger partial charge is 0.481 e. The van der Waals surface area contributed by atoms with Crippen LogP contribution in [0.2, 0.25) is 0 Å². The Kier molecular flexibility index (Phi) is 7.62. The molecule has 1 aromatic carbocycles. The third-order valence-corrected chi connectivity index (χ3v) is 8.64. The average Bonchev–Trinajstić information content (AvgIpc) is 3.30. The van der Waals surface area contributed by atoms with Gasteiger partial charge in [-0.15, -0.1) is 11.3 Å². The minimum Gasteiger partial charge on any atom is -0.481 e. The molecule has 2 saturated heterocycles. The number of aromatic nitrogens is 2. The van der Waals surface area contributed by atoms with E-state index < -0.39 is 11.9 Å². The molecule has 6 rings (SSSR count). The van der Waals surface area contributed by atoms with Gasteiger partial charge >= 0.3 is 5.97 Å². The van der Waals surface area contributed by atoms with Crippen molar-refractivity contribution in [3.8, 4) is 22.4 Å². The first kappa shape index (κ1) is 26.6. The van der Waals surface area contributed by atoms with Gasteiger partial charge < -0.3 is 9.84 Å². The highest BCUT2D eigenvalue weighted by molar-refractivity contribution is 7.14. The zero-order valence-electron chi connectivity index (χ0n) is 22.2. The van der Waals surface area contributed by atoms with Crippen molar-refractivity contribution >= 4 is 40.1 Å². The maximum atomic E-state index is 13.8. The topological polar surface area (TPSA) is 113 Å². The molecule has 208 valence electrons. The van der Waals surface area contributed by atoms with Gasteiger partial charge in [0, 0.05) is 48.3 Å². The van der Waals surface area contributed by atoms with Crippen LogP contribution in [-0.4, -0.2) is 58.2 Å². The number of aliphatic carboxylic acids is 1. The minimum absolute atomic E-state index is 0.0487. The van der Waals surface area contributed by atoms with Gasteiger partial charge in [-0.25, -0.2) is 9.97 Å². The van der Waals surface area contributed by atoms with Gasteiger partial charge in [-0.2, -0.15) is 0 Å². The van der Waals surface area contributed by atoms with Gasteiger partial charge in [-0.05, 0) is 56.2 Å². The molecule has 1 aliphatic carbocycles. The summed E-state index contributed by atoms with van der Waals surface area (Å²) in [6.07, 6.45) is 6.89. The van der Waals surface area contributed by atoms with Crippen LogP contribution in [0.1, 0.15) is 51.4 Å². The number of amides is 2. The van der Waals surface area contributed by atoms with E-state index in [0.29, 0.717) is 36.9 Å². The standard InChI is InChI=1S/C30H32N4O5S/c35-27-8-3-13-33(27)26-12-9-19(17-31-26)23-6-1-2-7-24(23)25-18-40-30(32-25)34(21-10-11-21)29(38)20(16-28(36)37)15-22-5-4-14-39-22/h1-2,6-7,9,12,17-18,20-22H,3-5,8,10-11,13-16H2,(H,36,37)/t20-,22-/m1/s1. The lowest BCUT2D eigenvalue weighted by atomic mass is 9.95. The molecular formula is C30H32N4O5S. The highest BCUT2D eigenvalue weighted by atomic mass is 32.1. The Labute approximate surface area is 236 Å². The number of ether oxygens (including phenoxy) is 1. The fraction of sp³-hybridized carbons (Fsp3) is 0.433. The highest BCUT2D eigenvalue weighted by Gasteiger charge is 2.40. The molecule has 3 fully saturated rings. The summed E-state index contributed by atoms with van der Waals surface area (Å²) in [4.78, 5) is 50.5. The molecule has 1 N–H and O–H groups in total. The van der Waals surface area contributed by atoms with Crippen molar-refractivity contribution in [2.75, 3.05) is 23.0 Å². The Bertz CT molecular complexity index is 1400. The molecule has 0 bridgehead atoms. The molecule has 3 aliphatic rings. The maximum absolute atomic E-state index is 13.8. The SMILES string of the molecule is O=C(O)C[C@@H](C[C@H]1CCCO1)C(=O)N(c1nc(-c2ccccc2-c2ccc(N3CCCC3=O)nc2)cs1)C1CC1. The molecule has 3 aromatic rings. The van der Waals surface area contributed by atoms with E-state index in [-0.39, 0.29) is 30.4 Å². The number of carbonyl (C=O) groups excluding carboxylic acids is 2. The predicted molar refractivity (Wildman–Crippen MR) is 152 cm³/mol. The minimum atomic E-state index is -0.977. The number of pyridine rings is 1. The number of nitrogens with zero attached hydrogens (tertiary/aromatic N) is 4. The number of anilines is 2. The van der Waals surface area contributed by atoms with Crippen molar-refractivity contribution in [2.45, 2.75) is 63.5 Å². The van der Waals surface area contributed by atoms with Crippen molar-refractivity contribution in [2.24, 2.45) is 5.92 Å². The predicted octanol–water partition coefficient (Wildman–Crippen LogP) is 5.15. The Balaban J connectivity index is 1.26. The summed E-state index contributed by atoms with van der Waals surface area (Å²) < 4.78 is 5.73. The molecule has 2 aliphatic heterocycles. The number of carboxylic acid groups (broad SMARTS) is 1. The van der Waals surface area contributed by atoms with Crippen LogP contribution < -0.4 is 9.80 Å². The van der Waals surface area contributed by atoms with E-state index in [0.717, 1.165) is 54.5 Å². The first-order chi connectivity index (χ1) is 19.5. The normalized spacial score (nSPS) is 19.6. The summed E-state index contributed by atoms with van der Waals surface area (Å²) in [5, 5.41) is 12.1. The average molecular weight is 561 g/mol. The lowest BCUT2D eigenvalue weighted by Crippen LogP contribution is -2.40. The lowest BCUT2D eigenvalue weighted by molar-refractivity contribution is -0.141. The molecule has 4 heterocycles. The molecule has 10 heteroatoms. The van der Waals surface area contributed by atoms with Crippen molar-refractivity contribution < 1.29 is 24.2 Å². The number of hydrogen-bond acceptors (Lipinski definition) is 7. The molecule has 40 heavy (non-hydrogen) atoms. The van der Waals surface area contributed by atoms with Crippen LogP contribution in [0.25, 0.3) is 22.4 Å². The Morgan fingerprint density at radius 3 is 2.60 bits per heavy atom. The number of rotatable bonds is 10. The van der Waals surface area contributed by atoms with Gasteiger partial charge in [-0.1, -0.05) is 24.3 Å². The second-order valence-corrected chi connectivity index (χ2v) is 11.6. The van der Waals surface area contributed by atoms with Crippen molar-refractivity contribution in [1.29, 1.82) is 0 Å². The number of hydrogen-bond donors (Lipinski definition) is 1. The number of carboxylic acids is 1. The van der Waals surface area contributed by atoms with E-state index in [1.54, 1.807) is 16.0 Å². The quantitative estimate of drug-likeness (QED) is 0.365. The monoisotopic (exact) mass is 560 g/mol. The maximum Gasteiger partial charge on any atom is 0.304 e. The Hall–Kier alpha value is -3.63. The van der Waals surface area contributed by atoms with Crippen molar-refractivity contribution in [1.82, 2.24) is 9.97 Å². The summed E-state index contributed by atoms with van der Waals surface area (Å²) in [6.45, 7) is 1.36. The molecular weight excluding hydrogens is 528 g/mol. The van der Waals surface area contributed by atoms with Crippen molar-refractivity contribution in [3.63, 3.8) is 0 Å². The van der Waals surface area contributed by atoms with Crippen LogP contribution in [0.3, 0.4) is 0 Å². The molecule has 0 radical (unpaired) electrons. The molecule has 9 nitrogen and oxygen atoms in total. The summed E-state index contributed by atoms with van der Waals surface area (Å²) in [5.41, 5.74) is 3.54. The number of carbonyl (C=O) groups is 3. The van der Waals surface area contributed by atoms with Gasteiger partial charge in [0.1, 0.15) is 5.82 Å². The molecule has 0 spiro atoms. The van der Waals surface area contributed by atoms with E-state index in [1.165, 1.54) is 11.3 Å². The third-order valence-electron chi connectivity index (χ3n) is 7.80. The molecule has 2 aromatic heterocycles. The summed E-state index contributed by atoms with van der Waals surface area (Å²) in [6, 6.07) is 11.8. The van der Waals surface area contributed by atoms with Crippen LogP contribution in [-0.2, 0) is 19.1 Å². The molecule has 1 saturated carbocycles. The first-order valence-electron chi connectivity index (χ1n) is 14.0. The van der Waals surface area contributed by atoms with Crippen LogP contribution in [0.5, 0.6) is 0 Å². The van der Waals surface area contributed by atoms with Crippen LogP contribution in [0.4, 0.5) is 10.9 Å². The molecule has 0 unspecified atom stereocenters. The van der Waals surface area contributed by atoms with E-state index in [2.05, 4.69) is 4.98 Å². The second kappa shape index (κ2) is 11.5. The second-order valence-electron chi connectivity index (χ2n) is 10.7. The zero-order valence-corrected chi connectivity index (χ0v) is 23.0. The highest BCUT2D eigenvalue weighted by Crippen LogP contribution is 2.40. The lowest BCUT2D eigenvalue weighted by Gasteiger charge is -2.26. The Morgan fingerprint density at radius 2 is 1.95 bits per heavy atom. The number of thiazole rings is 1. The van der Waals surface area contributed by atoms with Crippen LogP contribution in [0.15, 0.2) is 48.0 Å². The Morgan fingerprint density at radius 1 is 1.12 bits per heavy atom. The first-order valence-corrected chi connectivity index (χ1v) is 14.8. The van der Waals surface area contributed by atoms with E-state index in [1.807, 2.05) is 41.8 Å². The van der Waals surface area contributed by atoms with Crippen LogP contribution >= 0.6 is 11.3 Å². The van der Waals surface area contributed by atoms with Gasteiger partial charge in [-0.3, -0.25) is 24.2 Å². The van der Waals surface area contributed by atoms with Crippen LogP contribution in [0, 0.1) is 5.92 Å². The smallest absolute Gasteiger partial charge is 0.304 e. The summed E-state index contributed by atoms with van der Waals surface area (Å²) in [7, 11) is 0. The third kappa shape index (κ3) is 5.64. The van der Waals surface area contributed by atoms with E-state index >= 15 is 0 Å². The van der Waals surface area contributed by atoms with Gasteiger partial charge in [0.15, 0.2) is 5.13 Å². The summed E-state index contributed by atoms with van der Waals surface area (Å²) >= 11 is 1.41. The fourth-order valence-electron chi connectivity index (χ4n) is 5.64. The van der Waals surface area contributed by atoms with Gasteiger partial charge in [0.25, 0.3) is 0 Å². The zero-order chi connectivity index (χ0) is 27.6.